The molecule has 7 heteroatoms. The molecule has 0 aromatic heterocycles. The zero-order valence-electron chi connectivity index (χ0n) is 11.2. The largest absolute Gasteiger partial charge is 0.480 e. The third-order valence-electron chi connectivity index (χ3n) is 2.46. The lowest BCUT2D eigenvalue weighted by Gasteiger charge is -2.23. The highest BCUT2D eigenvalue weighted by Crippen LogP contribution is 2.18. The summed E-state index contributed by atoms with van der Waals surface area (Å²) in [4.78, 5) is 11.0. The number of carboxylic acid groups (broad SMARTS) is 1. The van der Waals surface area contributed by atoms with Crippen LogP contribution < -0.4 is 5.73 Å². The maximum absolute atomic E-state index is 11.0. The van der Waals surface area contributed by atoms with Gasteiger partial charge in [0.05, 0.1) is 0 Å². The van der Waals surface area contributed by atoms with Crippen LogP contribution in [0.4, 0.5) is 0 Å². The number of carbonyl (C=O) groups is 1. The molecule has 0 aromatic carbocycles. The number of thioether (sulfide) groups is 1. The van der Waals surface area contributed by atoms with Crippen LogP contribution in [-0.4, -0.2) is 32.3 Å². The third-order valence-corrected chi connectivity index (χ3v) is 3.53. The Kier molecular flexibility index (Phi) is 14.7. The number of nitrogens with one attached hydrogen (secondary N) is 1. The SMILES string of the molecule is CCCCSCC[C@@](N)(CCC)C(=O)O.N=[SH2]=O. The normalized spacial score (nSPS) is 13.9. The number of rotatable bonds is 9. The Morgan fingerprint density at radius 3 is 2.28 bits per heavy atom. The molecular formula is C11H26N2O3S2. The molecule has 5 nitrogen and oxygen atoms in total. The fourth-order valence-electron chi connectivity index (χ4n) is 1.39. The highest BCUT2D eigenvalue weighted by Gasteiger charge is 2.32. The first-order chi connectivity index (χ1) is 8.48. The van der Waals surface area contributed by atoms with Crippen LogP contribution in [-0.2, 0) is 16.3 Å². The summed E-state index contributed by atoms with van der Waals surface area (Å²) in [5, 5.41) is 9.03. The van der Waals surface area contributed by atoms with Crippen LogP contribution >= 0.6 is 11.8 Å². The van der Waals surface area contributed by atoms with E-state index in [4.69, 9.17) is 19.8 Å². The minimum atomic E-state index is -1.01. The van der Waals surface area contributed by atoms with Crippen molar-refractivity contribution in [3.8, 4) is 0 Å². The molecule has 0 fully saturated rings. The van der Waals surface area contributed by atoms with Gasteiger partial charge in [-0.3, -0.25) is 13.8 Å². The first-order valence-corrected chi connectivity index (χ1v) is 8.18. The summed E-state index contributed by atoms with van der Waals surface area (Å²) in [5.41, 5.74) is 4.85. The molecule has 0 aliphatic carbocycles. The Hall–Kier alpha value is -0.270. The molecule has 0 amide bonds. The number of carboxylic acids is 1. The Bertz CT molecular complexity index is 259. The Labute approximate surface area is 117 Å². The highest BCUT2D eigenvalue weighted by molar-refractivity contribution is 7.99. The van der Waals surface area contributed by atoms with Gasteiger partial charge in [0.1, 0.15) is 5.54 Å². The van der Waals surface area contributed by atoms with E-state index in [0.717, 1.165) is 17.9 Å². The van der Waals surface area contributed by atoms with Crippen molar-refractivity contribution in [3.63, 3.8) is 0 Å². The van der Waals surface area contributed by atoms with Gasteiger partial charge < -0.3 is 10.8 Å². The van der Waals surface area contributed by atoms with Crippen LogP contribution in [0, 0.1) is 4.78 Å². The lowest BCUT2D eigenvalue weighted by Crippen LogP contribution is -2.48. The van der Waals surface area contributed by atoms with Gasteiger partial charge in [0.15, 0.2) is 0 Å². The van der Waals surface area contributed by atoms with Gasteiger partial charge in [0.25, 0.3) is 0 Å². The molecule has 18 heavy (non-hydrogen) atoms. The zero-order valence-corrected chi connectivity index (χ0v) is 13.0. The van der Waals surface area contributed by atoms with E-state index in [-0.39, 0.29) is 0 Å². The van der Waals surface area contributed by atoms with Crippen molar-refractivity contribution in [1.82, 2.24) is 0 Å². The first kappa shape index (κ1) is 20.1. The summed E-state index contributed by atoms with van der Waals surface area (Å²) in [6.07, 6.45) is 4.35. The molecular weight excluding hydrogens is 272 g/mol. The van der Waals surface area contributed by atoms with E-state index in [1.165, 1.54) is 12.8 Å². The molecule has 0 aromatic rings. The summed E-state index contributed by atoms with van der Waals surface area (Å²) < 4.78 is 14.3. The van der Waals surface area contributed by atoms with Crippen molar-refractivity contribution < 1.29 is 14.1 Å². The number of unbranched alkanes of at least 4 members (excludes halogenated alkanes) is 1. The summed E-state index contributed by atoms with van der Waals surface area (Å²) in [5.74, 6) is 1.10. The van der Waals surface area contributed by atoms with Crippen molar-refractivity contribution in [1.29, 1.82) is 4.78 Å². The Balaban J connectivity index is 0. The second kappa shape index (κ2) is 13.2. The first-order valence-electron chi connectivity index (χ1n) is 6.12. The van der Waals surface area contributed by atoms with Gasteiger partial charge in [-0.15, -0.1) is 0 Å². The molecule has 0 rings (SSSR count). The van der Waals surface area contributed by atoms with Gasteiger partial charge in [-0.2, -0.15) is 11.8 Å². The Morgan fingerprint density at radius 1 is 1.33 bits per heavy atom. The Morgan fingerprint density at radius 2 is 1.89 bits per heavy atom. The molecule has 0 saturated carbocycles. The average Bonchev–Trinajstić information content (AvgIpc) is 2.30. The lowest BCUT2D eigenvalue weighted by molar-refractivity contribution is -0.143. The smallest absolute Gasteiger partial charge is 0.323 e. The van der Waals surface area contributed by atoms with E-state index in [1.54, 1.807) is 11.8 Å². The van der Waals surface area contributed by atoms with E-state index in [9.17, 15) is 4.79 Å². The van der Waals surface area contributed by atoms with Crippen molar-refractivity contribution in [2.24, 2.45) is 5.73 Å². The maximum atomic E-state index is 11.0. The molecule has 110 valence electrons. The van der Waals surface area contributed by atoms with Crippen molar-refractivity contribution in [3.05, 3.63) is 0 Å². The number of hydrogen-bond donors (Lipinski definition) is 3. The third kappa shape index (κ3) is 10.9. The monoisotopic (exact) mass is 298 g/mol. The second-order valence-corrected chi connectivity index (χ2v) is 5.46. The van der Waals surface area contributed by atoms with Gasteiger partial charge in [-0.05, 0) is 30.8 Å². The van der Waals surface area contributed by atoms with E-state index < -0.39 is 23.0 Å². The summed E-state index contributed by atoms with van der Waals surface area (Å²) in [6, 6.07) is 0. The summed E-state index contributed by atoms with van der Waals surface area (Å²) >= 11 is 0.888. The number of nitrogens with two attached hydrogens (primary N) is 1. The maximum Gasteiger partial charge on any atom is 0.323 e. The minimum Gasteiger partial charge on any atom is -0.480 e. The molecule has 0 bridgehead atoms. The molecule has 4 N–H and O–H groups in total. The van der Waals surface area contributed by atoms with Crippen molar-refractivity contribution in [2.45, 2.75) is 51.5 Å². The molecule has 0 unspecified atom stereocenters. The van der Waals surface area contributed by atoms with E-state index in [0.29, 0.717) is 12.8 Å². The lowest BCUT2D eigenvalue weighted by atomic mass is 9.92. The molecule has 0 radical (unpaired) electrons. The van der Waals surface area contributed by atoms with Gasteiger partial charge in [0, 0.05) is 11.5 Å². The fraction of sp³-hybridized carbons (Fsp3) is 0.909. The van der Waals surface area contributed by atoms with E-state index >= 15 is 0 Å². The highest BCUT2D eigenvalue weighted by atomic mass is 32.2. The van der Waals surface area contributed by atoms with E-state index in [2.05, 4.69) is 6.92 Å². The average molecular weight is 298 g/mol. The molecule has 0 heterocycles. The van der Waals surface area contributed by atoms with Crippen LogP contribution in [0.5, 0.6) is 0 Å². The standard InChI is InChI=1S/C11H23NO2S.H3NOS/c1-3-5-8-15-9-7-11(12,6-4-2)10(13)14;1-3-2/h3-9,12H2,1-2H3,(H,13,14);1H,3H2/t11-;/m0./s1. The predicted octanol–water partition coefficient (Wildman–Crippen LogP) is 1.92. The van der Waals surface area contributed by atoms with Crippen LogP contribution in [0.25, 0.3) is 0 Å². The second-order valence-electron chi connectivity index (χ2n) is 4.03. The van der Waals surface area contributed by atoms with Crippen molar-refractivity contribution in [2.75, 3.05) is 11.5 Å². The molecule has 0 spiro atoms. The van der Waals surface area contributed by atoms with Gasteiger partial charge in [-0.1, -0.05) is 26.7 Å². The quantitative estimate of drug-likeness (QED) is 0.564. The van der Waals surface area contributed by atoms with Crippen LogP contribution in [0.1, 0.15) is 46.0 Å². The van der Waals surface area contributed by atoms with Gasteiger partial charge in [-0.25, -0.2) is 0 Å². The zero-order chi connectivity index (χ0) is 14.4. The molecule has 1 atom stereocenters. The van der Waals surface area contributed by atoms with Gasteiger partial charge in [0.2, 0.25) is 0 Å². The van der Waals surface area contributed by atoms with Crippen LogP contribution in [0.3, 0.4) is 0 Å². The topological polar surface area (TPSA) is 104 Å². The van der Waals surface area contributed by atoms with Gasteiger partial charge >= 0.3 is 5.97 Å². The number of hydrogen-bond acceptors (Lipinski definition) is 5. The molecule has 0 aliphatic heterocycles. The summed E-state index contributed by atoms with van der Waals surface area (Å²) in [6.45, 7) is 4.12. The molecule has 0 saturated heterocycles. The summed E-state index contributed by atoms with van der Waals surface area (Å²) in [7, 11) is 0. The molecule has 0 aliphatic rings. The van der Waals surface area contributed by atoms with Crippen LogP contribution in [0.2, 0.25) is 0 Å². The number of aliphatic carboxylic acids is 1. The van der Waals surface area contributed by atoms with Crippen LogP contribution in [0.15, 0.2) is 0 Å². The predicted molar refractivity (Wildman–Crippen MR) is 80.0 cm³/mol. The minimum absolute atomic E-state index is 0.566. The van der Waals surface area contributed by atoms with Crippen molar-refractivity contribution >= 4 is 29.2 Å². The fourth-order valence-corrected chi connectivity index (χ4v) is 2.59. The van der Waals surface area contributed by atoms with E-state index in [1.807, 2.05) is 6.92 Å².